The van der Waals surface area contributed by atoms with E-state index in [-0.39, 0.29) is 0 Å². The monoisotopic (exact) mass is 280 g/mol. The third kappa shape index (κ3) is 2.15. The average Bonchev–Trinajstić information content (AvgIpc) is 2.64. The van der Waals surface area contributed by atoms with Gasteiger partial charge in [-0.3, -0.25) is 0 Å². The molecule has 2 nitrogen and oxygen atoms in total. The number of fused-ring (bicyclic) bond motifs is 1. The fourth-order valence-corrected chi connectivity index (χ4v) is 2.42. The van der Waals surface area contributed by atoms with Gasteiger partial charge < -0.3 is 10.3 Å². The Hall–Kier alpha value is -0.800. The molecule has 16 heavy (non-hydrogen) atoms. The maximum Gasteiger partial charge on any atom is 0.0494 e. The summed E-state index contributed by atoms with van der Waals surface area (Å²) in [7, 11) is 0. The lowest BCUT2D eigenvalue weighted by Gasteiger charge is -2.03. The summed E-state index contributed by atoms with van der Waals surface area (Å²) in [5, 5.41) is 1.36. The number of halogens is 1. The van der Waals surface area contributed by atoms with Crippen LogP contribution >= 0.6 is 15.9 Å². The average molecular weight is 281 g/mol. The molecule has 0 aliphatic carbocycles. The van der Waals surface area contributed by atoms with Gasteiger partial charge in [0.15, 0.2) is 0 Å². The van der Waals surface area contributed by atoms with E-state index in [0.717, 1.165) is 30.4 Å². The van der Waals surface area contributed by atoms with Crippen LogP contribution < -0.4 is 5.73 Å². The van der Waals surface area contributed by atoms with Crippen molar-refractivity contribution in [3.63, 3.8) is 0 Å². The van der Waals surface area contributed by atoms with Gasteiger partial charge in [0, 0.05) is 28.1 Å². The van der Waals surface area contributed by atoms with Crippen LogP contribution in [0, 0.1) is 0 Å². The fourth-order valence-electron chi connectivity index (χ4n) is 2.07. The smallest absolute Gasteiger partial charge is 0.0494 e. The molecule has 0 aliphatic rings. The number of hydrogen-bond acceptors (Lipinski definition) is 1. The predicted molar refractivity (Wildman–Crippen MR) is 72.7 cm³/mol. The van der Waals surface area contributed by atoms with Crippen LogP contribution in [0.4, 0.5) is 0 Å². The highest BCUT2D eigenvalue weighted by Gasteiger charge is 2.06. The van der Waals surface area contributed by atoms with E-state index in [0.29, 0.717) is 0 Å². The van der Waals surface area contributed by atoms with Crippen molar-refractivity contribution in [1.82, 2.24) is 4.57 Å². The highest BCUT2D eigenvalue weighted by atomic mass is 79.9. The Morgan fingerprint density at radius 1 is 1.38 bits per heavy atom. The van der Waals surface area contributed by atoms with Crippen LogP contribution in [0.5, 0.6) is 0 Å². The lowest BCUT2D eigenvalue weighted by Crippen LogP contribution is -2.04. The molecule has 2 aromatic rings. The molecule has 0 radical (unpaired) electrons. The minimum absolute atomic E-state index is 0.745. The summed E-state index contributed by atoms with van der Waals surface area (Å²) in [5.41, 5.74) is 8.29. The van der Waals surface area contributed by atoms with E-state index in [4.69, 9.17) is 5.73 Å². The third-order valence-corrected chi connectivity index (χ3v) is 3.40. The van der Waals surface area contributed by atoms with E-state index in [1.54, 1.807) is 0 Å². The fraction of sp³-hybridized carbons (Fsp3) is 0.385. The second kappa shape index (κ2) is 5.02. The van der Waals surface area contributed by atoms with Gasteiger partial charge in [0.2, 0.25) is 0 Å². The van der Waals surface area contributed by atoms with E-state index >= 15 is 0 Å². The van der Waals surface area contributed by atoms with Crippen molar-refractivity contribution in [2.45, 2.75) is 26.3 Å². The summed E-state index contributed by atoms with van der Waals surface area (Å²) in [4.78, 5) is 0. The largest absolute Gasteiger partial charge is 0.347 e. The van der Waals surface area contributed by atoms with Crippen molar-refractivity contribution in [3.05, 3.63) is 34.4 Å². The molecule has 0 bridgehead atoms. The number of aryl methyl sites for hydroxylation is 2. The molecular weight excluding hydrogens is 264 g/mol. The molecule has 0 unspecified atom stereocenters. The molecule has 0 saturated carbocycles. The summed E-state index contributed by atoms with van der Waals surface area (Å²) >= 11 is 3.53. The van der Waals surface area contributed by atoms with Crippen molar-refractivity contribution in [3.8, 4) is 0 Å². The van der Waals surface area contributed by atoms with Crippen molar-refractivity contribution in [2.24, 2.45) is 5.73 Å². The highest BCUT2D eigenvalue weighted by molar-refractivity contribution is 9.10. The van der Waals surface area contributed by atoms with Gasteiger partial charge in [-0.2, -0.15) is 0 Å². The van der Waals surface area contributed by atoms with E-state index in [2.05, 4.69) is 51.8 Å². The zero-order valence-electron chi connectivity index (χ0n) is 9.54. The number of nitrogens with two attached hydrogens (primary N) is 1. The summed E-state index contributed by atoms with van der Waals surface area (Å²) in [6, 6.07) is 6.48. The van der Waals surface area contributed by atoms with Gasteiger partial charge in [0.25, 0.3) is 0 Å². The summed E-state index contributed by atoms with van der Waals surface area (Å²) in [5.74, 6) is 0. The molecular formula is C13H17BrN2. The van der Waals surface area contributed by atoms with E-state index < -0.39 is 0 Å². The van der Waals surface area contributed by atoms with Gasteiger partial charge in [-0.05, 0) is 37.1 Å². The Bertz CT molecular complexity index is 488. The van der Waals surface area contributed by atoms with Gasteiger partial charge in [0.1, 0.15) is 0 Å². The molecule has 0 amide bonds. The number of nitrogens with zero attached hydrogens (tertiary/aromatic N) is 1. The van der Waals surface area contributed by atoms with Crippen LogP contribution in [-0.4, -0.2) is 11.1 Å². The van der Waals surface area contributed by atoms with E-state index in [1.807, 2.05) is 0 Å². The molecule has 0 aliphatic heterocycles. The summed E-state index contributed by atoms with van der Waals surface area (Å²) < 4.78 is 3.45. The van der Waals surface area contributed by atoms with Gasteiger partial charge in [-0.15, -0.1) is 0 Å². The summed E-state index contributed by atoms with van der Waals surface area (Å²) in [6.07, 6.45) is 4.36. The molecule has 0 spiro atoms. The maximum atomic E-state index is 5.57. The van der Waals surface area contributed by atoms with Gasteiger partial charge in [-0.1, -0.05) is 28.9 Å². The zero-order chi connectivity index (χ0) is 11.5. The Balaban J connectivity index is 2.50. The first-order valence-electron chi connectivity index (χ1n) is 5.73. The Kier molecular flexibility index (Phi) is 3.66. The lowest BCUT2D eigenvalue weighted by atomic mass is 10.1. The molecule has 0 fully saturated rings. The molecule has 2 N–H and O–H groups in total. The number of hydrogen-bond donors (Lipinski definition) is 1. The van der Waals surface area contributed by atoms with Gasteiger partial charge >= 0.3 is 0 Å². The number of rotatable bonds is 4. The van der Waals surface area contributed by atoms with Gasteiger partial charge in [-0.25, -0.2) is 0 Å². The first-order valence-corrected chi connectivity index (χ1v) is 6.53. The maximum absolute atomic E-state index is 5.57. The minimum Gasteiger partial charge on any atom is -0.347 e. The molecule has 1 aromatic carbocycles. The normalized spacial score (nSPS) is 11.2. The van der Waals surface area contributed by atoms with Crippen molar-refractivity contribution in [1.29, 1.82) is 0 Å². The number of aromatic nitrogens is 1. The van der Waals surface area contributed by atoms with Crippen molar-refractivity contribution < 1.29 is 0 Å². The van der Waals surface area contributed by atoms with Gasteiger partial charge in [0.05, 0.1) is 0 Å². The minimum atomic E-state index is 0.745. The topological polar surface area (TPSA) is 30.9 Å². The first kappa shape index (κ1) is 11.7. The standard InChI is InChI=1S/C13H17BrN2/c1-2-10-9-16(7-3-6-15)13-8-11(14)4-5-12(10)13/h4-5,8-9H,2-3,6-7,15H2,1H3. The lowest BCUT2D eigenvalue weighted by molar-refractivity contribution is 0.669. The van der Waals surface area contributed by atoms with Crippen LogP contribution in [0.3, 0.4) is 0 Å². The molecule has 0 saturated heterocycles. The predicted octanol–water partition coefficient (Wildman–Crippen LogP) is 3.32. The Morgan fingerprint density at radius 2 is 2.19 bits per heavy atom. The quantitative estimate of drug-likeness (QED) is 0.915. The van der Waals surface area contributed by atoms with E-state index in [1.165, 1.54) is 16.5 Å². The van der Waals surface area contributed by atoms with Crippen LogP contribution in [0.1, 0.15) is 18.9 Å². The van der Waals surface area contributed by atoms with Crippen molar-refractivity contribution >= 4 is 26.8 Å². The molecule has 1 aromatic heterocycles. The van der Waals surface area contributed by atoms with Crippen LogP contribution in [0.25, 0.3) is 10.9 Å². The van der Waals surface area contributed by atoms with Crippen LogP contribution in [0.2, 0.25) is 0 Å². The molecule has 1 heterocycles. The third-order valence-electron chi connectivity index (χ3n) is 2.91. The molecule has 2 rings (SSSR count). The number of benzene rings is 1. The van der Waals surface area contributed by atoms with Crippen molar-refractivity contribution in [2.75, 3.05) is 6.54 Å². The van der Waals surface area contributed by atoms with Crippen LogP contribution in [0.15, 0.2) is 28.9 Å². The van der Waals surface area contributed by atoms with Crippen LogP contribution in [-0.2, 0) is 13.0 Å². The molecule has 3 heteroatoms. The summed E-state index contributed by atoms with van der Waals surface area (Å²) in [6.45, 7) is 3.95. The Morgan fingerprint density at radius 3 is 2.88 bits per heavy atom. The van der Waals surface area contributed by atoms with E-state index in [9.17, 15) is 0 Å². The highest BCUT2D eigenvalue weighted by Crippen LogP contribution is 2.25. The molecule has 86 valence electrons. The SMILES string of the molecule is CCc1cn(CCCN)c2cc(Br)ccc12. The first-order chi connectivity index (χ1) is 7.76. The second-order valence-corrected chi connectivity index (χ2v) is 4.92. The second-order valence-electron chi connectivity index (χ2n) is 4.00. The molecule has 0 atom stereocenters. The zero-order valence-corrected chi connectivity index (χ0v) is 11.1. The Labute approximate surface area is 105 Å².